The van der Waals surface area contributed by atoms with Crippen molar-refractivity contribution in [1.29, 1.82) is 0 Å². The maximum atomic E-state index is 13.6. The summed E-state index contributed by atoms with van der Waals surface area (Å²) >= 11 is 5.72. The Kier molecular flexibility index (Phi) is 4.40. The highest BCUT2D eigenvalue weighted by atomic mass is 35.5. The van der Waals surface area contributed by atoms with E-state index in [1.54, 1.807) is 25.1 Å². The fraction of sp³-hybridized carbons (Fsp3) is 0.250. The lowest BCUT2D eigenvalue weighted by atomic mass is 9.85. The molecule has 1 atom stereocenters. The van der Waals surface area contributed by atoms with Gasteiger partial charge in [-0.1, -0.05) is 35.9 Å². The average molecular weight is 330 g/mol. The summed E-state index contributed by atoms with van der Waals surface area (Å²) in [6.07, 6.45) is -4.87. The van der Waals surface area contributed by atoms with Crippen LogP contribution in [0.15, 0.2) is 48.5 Å². The first kappa shape index (κ1) is 16.6. The summed E-state index contributed by atoms with van der Waals surface area (Å²) in [5.41, 5.74) is -3.05. The molecule has 0 aliphatic carbocycles. The molecule has 2 aromatic carbocycles. The second kappa shape index (κ2) is 5.82. The first-order valence-corrected chi connectivity index (χ1v) is 6.87. The maximum Gasteiger partial charge on any atom is 0.425 e. The zero-order valence-corrected chi connectivity index (χ0v) is 12.8. The molecular formula is C16H15ClF3NO. The Hall–Kier alpha value is -1.72. The number of anilines is 1. The van der Waals surface area contributed by atoms with Crippen LogP contribution in [-0.2, 0) is 5.60 Å². The van der Waals surface area contributed by atoms with E-state index >= 15 is 0 Å². The van der Waals surface area contributed by atoms with Crippen LogP contribution in [0.4, 0.5) is 18.9 Å². The van der Waals surface area contributed by atoms with Crippen molar-refractivity contribution in [3.05, 3.63) is 64.7 Å². The largest absolute Gasteiger partial charge is 0.425 e. The van der Waals surface area contributed by atoms with Crippen LogP contribution in [0.25, 0.3) is 0 Å². The van der Waals surface area contributed by atoms with E-state index in [4.69, 9.17) is 11.6 Å². The standard InChI is InChI=1S/C16H15ClF3NO/c1-21(2)14-5-3-4-12(10-14)15(22,16(18,19)20)11-6-8-13(17)9-7-11/h3-10,22H,1-2H3. The summed E-state index contributed by atoms with van der Waals surface area (Å²) in [6, 6.07) is 10.7. The van der Waals surface area contributed by atoms with Crippen LogP contribution in [-0.4, -0.2) is 25.4 Å². The van der Waals surface area contributed by atoms with Gasteiger partial charge < -0.3 is 10.0 Å². The van der Waals surface area contributed by atoms with Crippen LogP contribution in [0, 0.1) is 0 Å². The van der Waals surface area contributed by atoms with Crippen molar-refractivity contribution in [3.8, 4) is 0 Å². The summed E-state index contributed by atoms with van der Waals surface area (Å²) in [4.78, 5) is 1.67. The van der Waals surface area contributed by atoms with Gasteiger partial charge in [-0.3, -0.25) is 0 Å². The Labute approximate surface area is 131 Å². The molecule has 0 heterocycles. The summed E-state index contributed by atoms with van der Waals surface area (Å²) < 4.78 is 40.8. The third kappa shape index (κ3) is 2.91. The van der Waals surface area contributed by atoms with Crippen molar-refractivity contribution in [2.75, 3.05) is 19.0 Å². The number of nitrogens with zero attached hydrogens (tertiary/aromatic N) is 1. The molecule has 2 aromatic rings. The monoisotopic (exact) mass is 329 g/mol. The third-order valence-electron chi connectivity index (χ3n) is 3.45. The number of hydrogen-bond donors (Lipinski definition) is 1. The smallest absolute Gasteiger partial charge is 0.378 e. The lowest BCUT2D eigenvalue weighted by Gasteiger charge is -2.32. The number of aliphatic hydroxyl groups is 1. The lowest BCUT2D eigenvalue weighted by Crippen LogP contribution is -2.43. The highest BCUT2D eigenvalue weighted by Crippen LogP contribution is 2.45. The molecule has 2 nitrogen and oxygen atoms in total. The molecule has 118 valence electrons. The predicted octanol–water partition coefficient (Wildman–Crippen LogP) is 4.20. The van der Waals surface area contributed by atoms with Gasteiger partial charge in [0.25, 0.3) is 0 Å². The van der Waals surface area contributed by atoms with Crippen LogP contribution >= 0.6 is 11.6 Å². The highest BCUT2D eigenvalue weighted by Gasteiger charge is 2.56. The van der Waals surface area contributed by atoms with Gasteiger partial charge in [-0.15, -0.1) is 0 Å². The van der Waals surface area contributed by atoms with Crippen LogP contribution in [0.2, 0.25) is 5.02 Å². The van der Waals surface area contributed by atoms with Crippen LogP contribution in [0.3, 0.4) is 0 Å². The molecule has 6 heteroatoms. The van der Waals surface area contributed by atoms with Gasteiger partial charge in [-0.05, 0) is 35.4 Å². The van der Waals surface area contributed by atoms with Crippen molar-refractivity contribution in [3.63, 3.8) is 0 Å². The summed E-state index contributed by atoms with van der Waals surface area (Å²) in [7, 11) is 3.43. The van der Waals surface area contributed by atoms with E-state index in [-0.39, 0.29) is 11.1 Å². The van der Waals surface area contributed by atoms with Crippen LogP contribution in [0.1, 0.15) is 11.1 Å². The van der Waals surface area contributed by atoms with Gasteiger partial charge in [0.15, 0.2) is 0 Å². The van der Waals surface area contributed by atoms with Gasteiger partial charge in [0.1, 0.15) is 0 Å². The number of rotatable bonds is 3. The zero-order valence-electron chi connectivity index (χ0n) is 12.0. The first-order chi connectivity index (χ1) is 10.2. The second-order valence-electron chi connectivity index (χ2n) is 5.16. The van der Waals surface area contributed by atoms with E-state index in [2.05, 4.69) is 0 Å². The predicted molar refractivity (Wildman–Crippen MR) is 81.3 cm³/mol. The summed E-state index contributed by atoms with van der Waals surface area (Å²) in [5.74, 6) is 0. The molecule has 2 rings (SSSR count). The zero-order chi connectivity index (χ0) is 16.5. The third-order valence-corrected chi connectivity index (χ3v) is 3.70. The Morgan fingerprint density at radius 3 is 2.05 bits per heavy atom. The molecule has 0 aromatic heterocycles. The molecule has 0 aliphatic rings. The molecule has 0 bridgehead atoms. The normalized spacial score (nSPS) is 14.5. The molecule has 1 N–H and O–H groups in total. The molecule has 0 saturated carbocycles. The Morgan fingerprint density at radius 1 is 0.955 bits per heavy atom. The minimum atomic E-state index is -4.87. The highest BCUT2D eigenvalue weighted by molar-refractivity contribution is 6.30. The molecule has 0 radical (unpaired) electrons. The number of benzene rings is 2. The minimum Gasteiger partial charge on any atom is -0.378 e. The van der Waals surface area contributed by atoms with Gasteiger partial charge >= 0.3 is 6.18 Å². The fourth-order valence-electron chi connectivity index (χ4n) is 2.19. The van der Waals surface area contributed by atoms with Gasteiger partial charge in [-0.2, -0.15) is 13.2 Å². The van der Waals surface area contributed by atoms with Crippen molar-refractivity contribution < 1.29 is 18.3 Å². The first-order valence-electron chi connectivity index (χ1n) is 6.49. The van der Waals surface area contributed by atoms with Crippen molar-refractivity contribution in [1.82, 2.24) is 0 Å². The van der Waals surface area contributed by atoms with E-state index in [1.165, 1.54) is 42.5 Å². The molecule has 0 amide bonds. The van der Waals surface area contributed by atoms with Crippen molar-refractivity contribution >= 4 is 17.3 Å². The van der Waals surface area contributed by atoms with Gasteiger partial charge in [0, 0.05) is 24.8 Å². The Bertz CT molecular complexity index is 655. The second-order valence-corrected chi connectivity index (χ2v) is 5.60. The molecule has 1 unspecified atom stereocenters. The minimum absolute atomic E-state index is 0.242. The topological polar surface area (TPSA) is 23.5 Å². The SMILES string of the molecule is CN(C)c1cccc(C(O)(c2ccc(Cl)cc2)C(F)(F)F)c1. The Balaban J connectivity index is 2.65. The average Bonchev–Trinajstić information content (AvgIpc) is 2.46. The van der Waals surface area contributed by atoms with E-state index in [1.807, 2.05) is 0 Å². The molecule has 0 aliphatic heterocycles. The summed E-state index contributed by atoms with van der Waals surface area (Å²) in [5, 5.41) is 10.8. The van der Waals surface area contributed by atoms with Gasteiger partial charge in [-0.25, -0.2) is 0 Å². The lowest BCUT2D eigenvalue weighted by molar-refractivity contribution is -0.248. The Morgan fingerprint density at radius 2 is 1.55 bits per heavy atom. The molecule has 0 spiro atoms. The molecular weight excluding hydrogens is 315 g/mol. The number of halogens is 4. The molecule has 22 heavy (non-hydrogen) atoms. The van der Waals surface area contributed by atoms with E-state index in [0.29, 0.717) is 10.7 Å². The quantitative estimate of drug-likeness (QED) is 0.912. The van der Waals surface area contributed by atoms with Crippen LogP contribution in [0.5, 0.6) is 0 Å². The molecule has 0 fully saturated rings. The molecule has 0 saturated heterocycles. The van der Waals surface area contributed by atoms with Crippen molar-refractivity contribution in [2.24, 2.45) is 0 Å². The fourth-order valence-corrected chi connectivity index (χ4v) is 2.32. The maximum absolute atomic E-state index is 13.6. The van der Waals surface area contributed by atoms with E-state index < -0.39 is 11.8 Å². The van der Waals surface area contributed by atoms with E-state index in [9.17, 15) is 18.3 Å². The van der Waals surface area contributed by atoms with E-state index in [0.717, 1.165) is 0 Å². The van der Waals surface area contributed by atoms with Gasteiger partial charge in [0.2, 0.25) is 5.60 Å². The van der Waals surface area contributed by atoms with Crippen molar-refractivity contribution in [2.45, 2.75) is 11.8 Å². The summed E-state index contributed by atoms with van der Waals surface area (Å²) in [6.45, 7) is 0. The van der Waals surface area contributed by atoms with Crippen LogP contribution < -0.4 is 4.90 Å². The number of hydrogen-bond acceptors (Lipinski definition) is 2. The number of alkyl halides is 3. The van der Waals surface area contributed by atoms with Gasteiger partial charge in [0.05, 0.1) is 0 Å².